The first-order valence-electron chi connectivity index (χ1n) is 5.86. The minimum absolute atomic E-state index is 0.108. The Morgan fingerprint density at radius 2 is 2.06 bits per heavy atom. The molecule has 1 amide bonds. The van der Waals surface area contributed by atoms with Crippen molar-refractivity contribution in [2.24, 2.45) is 0 Å². The number of carbonyl (C=O) groups excluding carboxylic acids is 1. The van der Waals surface area contributed by atoms with Gasteiger partial charge in [0.15, 0.2) is 0 Å². The lowest BCUT2D eigenvalue weighted by Crippen LogP contribution is -2.50. The van der Waals surface area contributed by atoms with E-state index >= 15 is 0 Å². The molecule has 0 saturated carbocycles. The molecule has 0 heterocycles. The minimum Gasteiger partial charge on any atom is -0.394 e. The number of hydrogen-bond donors (Lipinski definition) is 2. The average Bonchev–Trinajstić information content (AvgIpc) is 2.36. The van der Waals surface area contributed by atoms with Gasteiger partial charge in [0.2, 0.25) is 0 Å². The summed E-state index contributed by atoms with van der Waals surface area (Å²) in [6, 6.07) is 4.03. The van der Waals surface area contributed by atoms with Crippen molar-refractivity contribution in [3.8, 4) is 0 Å². The molecule has 0 aliphatic rings. The molecule has 18 heavy (non-hydrogen) atoms. The van der Waals surface area contributed by atoms with E-state index in [1.54, 1.807) is 0 Å². The molecule has 0 unspecified atom stereocenters. The number of hydrogen-bond acceptors (Lipinski definition) is 2. The summed E-state index contributed by atoms with van der Waals surface area (Å²) < 4.78 is 13.5. The maximum atomic E-state index is 13.0. The Morgan fingerprint density at radius 1 is 1.44 bits per heavy atom. The van der Waals surface area contributed by atoms with Gasteiger partial charge in [-0.15, -0.1) is 0 Å². The molecule has 0 aliphatic carbocycles. The number of nitrogens with one attached hydrogen (secondary N) is 1. The van der Waals surface area contributed by atoms with Gasteiger partial charge in [0, 0.05) is 3.57 Å². The zero-order valence-electron chi connectivity index (χ0n) is 10.5. The molecule has 0 bridgehead atoms. The van der Waals surface area contributed by atoms with Gasteiger partial charge in [0.1, 0.15) is 5.82 Å². The fourth-order valence-corrected chi connectivity index (χ4v) is 2.39. The quantitative estimate of drug-likeness (QED) is 0.789. The summed E-state index contributed by atoms with van der Waals surface area (Å²) in [6.45, 7) is 3.72. The van der Waals surface area contributed by atoms with Crippen molar-refractivity contribution < 1.29 is 14.3 Å². The van der Waals surface area contributed by atoms with Gasteiger partial charge in [-0.25, -0.2) is 4.39 Å². The maximum absolute atomic E-state index is 13.0. The second-order valence-corrected chi connectivity index (χ2v) is 5.39. The summed E-state index contributed by atoms with van der Waals surface area (Å²) in [4.78, 5) is 12.1. The maximum Gasteiger partial charge on any atom is 0.252 e. The third kappa shape index (κ3) is 3.41. The number of benzene rings is 1. The van der Waals surface area contributed by atoms with Crippen LogP contribution in [0.3, 0.4) is 0 Å². The average molecular weight is 365 g/mol. The van der Waals surface area contributed by atoms with E-state index < -0.39 is 5.54 Å². The topological polar surface area (TPSA) is 49.3 Å². The van der Waals surface area contributed by atoms with Gasteiger partial charge < -0.3 is 10.4 Å². The van der Waals surface area contributed by atoms with E-state index in [1.165, 1.54) is 18.2 Å². The highest BCUT2D eigenvalue weighted by Gasteiger charge is 2.28. The number of halogens is 2. The molecule has 0 radical (unpaired) electrons. The van der Waals surface area contributed by atoms with Gasteiger partial charge in [-0.05, 0) is 53.6 Å². The molecule has 0 fully saturated rings. The lowest BCUT2D eigenvalue weighted by atomic mass is 9.93. The second-order valence-electron chi connectivity index (χ2n) is 4.22. The lowest BCUT2D eigenvalue weighted by molar-refractivity contribution is 0.0817. The zero-order valence-corrected chi connectivity index (χ0v) is 12.6. The van der Waals surface area contributed by atoms with Gasteiger partial charge in [0.05, 0.1) is 17.7 Å². The highest BCUT2D eigenvalue weighted by molar-refractivity contribution is 14.1. The van der Waals surface area contributed by atoms with Crippen LogP contribution in [0.4, 0.5) is 4.39 Å². The standard InChI is InChI=1S/C13H17FINO2/c1-3-13(4-2,8-17)16-12(18)10-6-5-9(14)7-11(10)15/h5-7,17H,3-4,8H2,1-2H3,(H,16,18). The van der Waals surface area contributed by atoms with Crippen LogP contribution in [-0.2, 0) is 0 Å². The van der Waals surface area contributed by atoms with E-state index in [4.69, 9.17) is 0 Å². The van der Waals surface area contributed by atoms with Gasteiger partial charge in [0.25, 0.3) is 5.91 Å². The summed E-state index contributed by atoms with van der Waals surface area (Å²) in [5.74, 6) is -0.646. The highest BCUT2D eigenvalue weighted by Crippen LogP contribution is 2.18. The Morgan fingerprint density at radius 3 is 2.50 bits per heavy atom. The van der Waals surface area contributed by atoms with Crippen LogP contribution < -0.4 is 5.32 Å². The number of rotatable bonds is 5. The SMILES string of the molecule is CCC(CC)(CO)NC(=O)c1ccc(F)cc1I. The largest absolute Gasteiger partial charge is 0.394 e. The van der Waals surface area contributed by atoms with Crippen LogP contribution in [0.2, 0.25) is 0 Å². The first-order chi connectivity index (χ1) is 8.48. The van der Waals surface area contributed by atoms with Crippen LogP contribution in [-0.4, -0.2) is 23.2 Å². The van der Waals surface area contributed by atoms with E-state index in [1.807, 2.05) is 36.4 Å². The van der Waals surface area contributed by atoms with E-state index in [0.29, 0.717) is 22.0 Å². The molecule has 0 aromatic heterocycles. The van der Waals surface area contributed by atoms with Crippen LogP contribution in [0.15, 0.2) is 18.2 Å². The molecule has 3 nitrogen and oxygen atoms in total. The smallest absolute Gasteiger partial charge is 0.252 e. The van der Waals surface area contributed by atoms with Gasteiger partial charge in [-0.2, -0.15) is 0 Å². The summed E-state index contributed by atoms with van der Waals surface area (Å²) in [5.41, 5.74) is -0.175. The fraction of sp³-hybridized carbons (Fsp3) is 0.462. The Labute approximate surface area is 120 Å². The van der Waals surface area contributed by atoms with Crippen LogP contribution in [0, 0.1) is 9.39 Å². The Kier molecular flexibility index (Phi) is 5.52. The predicted molar refractivity (Wildman–Crippen MR) is 77.0 cm³/mol. The molecule has 2 N–H and O–H groups in total. The van der Waals surface area contributed by atoms with Crippen LogP contribution in [0.25, 0.3) is 0 Å². The van der Waals surface area contributed by atoms with E-state index in [9.17, 15) is 14.3 Å². The zero-order chi connectivity index (χ0) is 13.8. The monoisotopic (exact) mass is 365 g/mol. The van der Waals surface area contributed by atoms with Crippen molar-refractivity contribution in [2.45, 2.75) is 32.2 Å². The number of aliphatic hydroxyl groups is 1. The third-order valence-electron chi connectivity index (χ3n) is 3.21. The number of amides is 1. The molecule has 0 atom stereocenters. The van der Waals surface area contributed by atoms with Gasteiger partial charge in [-0.3, -0.25) is 4.79 Å². The molecule has 1 aromatic carbocycles. The first kappa shape index (κ1) is 15.4. The van der Waals surface area contributed by atoms with Crippen molar-refractivity contribution in [1.29, 1.82) is 0 Å². The molecule has 5 heteroatoms. The molecule has 0 spiro atoms. The molecule has 0 saturated heterocycles. The molecular formula is C13H17FINO2. The minimum atomic E-state index is -0.603. The predicted octanol–water partition coefficient (Wildman–Crippen LogP) is 2.71. The molecule has 100 valence electrons. The molecule has 1 rings (SSSR count). The van der Waals surface area contributed by atoms with Crippen LogP contribution in [0.1, 0.15) is 37.0 Å². The van der Waals surface area contributed by atoms with E-state index in [2.05, 4.69) is 5.32 Å². The highest BCUT2D eigenvalue weighted by atomic mass is 127. The van der Waals surface area contributed by atoms with Crippen LogP contribution >= 0.6 is 22.6 Å². The van der Waals surface area contributed by atoms with Crippen molar-refractivity contribution in [1.82, 2.24) is 5.32 Å². The molecular weight excluding hydrogens is 348 g/mol. The number of aliphatic hydroxyl groups excluding tert-OH is 1. The normalized spacial score (nSPS) is 11.4. The summed E-state index contributed by atoms with van der Waals surface area (Å²) in [5, 5.41) is 12.2. The fourth-order valence-electron chi connectivity index (χ4n) is 1.67. The molecule has 0 aliphatic heterocycles. The Balaban J connectivity index is 2.94. The van der Waals surface area contributed by atoms with Crippen molar-refractivity contribution in [3.63, 3.8) is 0 Å². The molecule has 1 aromatic rings. The summed E-state index contributed by atoms with van der Waals surface area (Å²) in [6.07, 6.45) is 1.28. The van der Waals surface area contributed by atoms with Crippen molar-refractivity contribution in [3.05, 3.63) is 33.1 Å². The number of carbonyl (C=O) groups is 1. The lowest BCUT2D eigenvalue weighted by Gasteiger charge is -2.30. The van der Waals surface area contributed by atoms with E-state index in [0.717, 1.165) is 0 Å². The Bertz CT molecular complexity index is 425. The van der Waals surface area contributed by atoms with Crippen molar-refractivity contribution >= 4 is 28.5 Å². The first-order valence-corrected chi connectivity index (χ1v) is 6.94. The summed E-state index contributed by atoms with van der Waals surface area (Å²) in [7, 11) is 0. The second kappa shape index (κ2) is 6.47. The Hall–Kier alpha value is -0.690. The van der Waals surface area contributed by atoms with Gasteiger partial charge >= 0.3 is 0 Å². The third-order valence-corrected chi connectivity index (χ3v) is 4.10. The summed E-state index contributed by atoms with van der Waals surface area (Å²) >= 11 is 1.93. The van der Waals surface area contributed by atoms with Crippen LogP contribution in [0.5, 0.6) is 0 Å². The van der Waals surface area contributed by atoms with Gasteiger partial charge in [-0.1, -0.05) is 13.8 Å². The van der Waals surface area contributed by atoms with Crippen molar-refractivity contribution in [2.75, 3.05) is 6.61 Å². The van der Waals surface area contributed by atoms with E-state index in [-0.39, 0.29) is 18.3 Å².